The van der Waals surface area contributed by atoms with E-state index in [4.69, 9.17) is 11.6 Å². The molecule has 2 aromatic rings. The maximum Gasteiger partial charge on any atom is 0.321 e. The zero-order valence-corrected chi connectivity index (χ0v) is 13.4. The standard InChI is InChI=1S/C16H19ClN4O/c1-10-7-12(17)5-6-14(10)18-16(22)21(2)9-13-8-15(20-19-13)11-3-4-11/h5-8,11H,3-4,9H2,1-2H3,(H,18,22)(H,19,20). The van der Waals surface area contributed by atoms with E-state index in [0.717, 1.165) is 22.6 Å². The van der Waals surface area contributed by atoms with Gasteiger partial charge < -0.3 is 10.2 Å². The number of H-pyrrole nitrogens is 1. The number of hydrogen-bond donors (Lipinski definition) is 2. The molecule has 1 aliphatic rings. The van der Waals surface area contributed by atoms with E-state index < -0.39 is 0 Å². The van der Waals surface area contributed by atoms with Crippen molar-refractivity contribution < 1.29 is 4.79 Å². The van der Waals surface area contributed by atoms with Gasteiger partial charge in [-0.05, 0) is 49.6 Å². The molecule has 116 valence electrons. The summed E-state index contributed by atoms with van der Waals surface area (Å²) in [5.41, 5.74) is 3.76. The Bertz CT molecular complexity index is 693. The molecule has 0 aliphatic heterocycles. The van der Waals surface area contributed by atoms with E-state index in [-0.39, 0.29) is 6.03 Å². The second-order valence-corrected chi connectivity index (χ2v) is 6.27. The summed E-state index contributed by atoms with van der Waals surface area (Å²) in [7, 11) is 1.76. The molecule has 0 spiro atoms. The number of anilines is 1. The highest BCUT2D eigenvalue weighted by Crippen LogP contribution is 2.39. The minimum atomic E-state index is -0.159. The number of aryl methyl sites for hydroxylation is 1. The number of nitrogens with zero attached hydrogens (tertiary/aromatic N) is 2. The summed E-state index contributed by atoms with van der Waals surface area (Å²) in [5.74, 6) is 0.612. The molecule has 2 amide bonds. The molecule has 2 N–H and O–H groups in total. The van der Waals surface area contributed by atoms with Crippen LogP contribution in [-0.4, -0.2) is 28.2 Å². The molecule has 0 unspecified atom stereocenters. The summed E-state index contributed by atoms with van der Waals surface area (Å²) in [6, 6.07) is 7.29. The number of carbonyl (C=O) groups is 1. The molecule has 1 fully saturated rings. The molecule has 1 aromatic heterocycles. The average molecular weight is 319 g/mol. The quantitative estimate of drug-likeness (QED) is 0.897. The third-order valence-corrected chi connectivity index (χ3v) is 4.07. The molecule has 3 rings (SSSR count). The van der Waals surface area contributed by atoms with Crippen molar-refractivity contribution in [3.63, 3.8) is 0 Å². The Morgan fingerprint density at radius 3 is 2.91 bits per heavy atom. The van der Waals surface area contributed by atoms with Crippen molar-refractivity contribution in [3.8, 4) is 0 Å². The van der Waals surface area contributed by atoms with E-state index in [1.54, 1.807) is 18.0 Å². The Labute approximate surface area is 134 Å². The molecule has 0 saturated heterocycles. The van der Waals surface area contributed by atoms with E-state index in [1.807, 2.05) is 19.1 Å². The third kappa shape index (κ3) is 3.42. The van der Waals surface area contributed by atoms with E-state index in [9.17, 15) is 4.79 Å². The van der Waals surface area contributed by atoms with Gasteiger partial charge >= 0.3 is 6.03 Å². The maximum atomic E-state index is 12.3. The van der Waals surface area contributed by atoms with Crippen molar-refractivity contribution in [3.05, 3.63) is 46.2 Å². The van der Waals surface area contributed by atoms with Crippen LogP contribution in [0.5, 0.6) is 0 Å². The van der Waals surface area contributed by atoms with Gasteiger partial charge in [0.2, 0.25) is 0 Å². The molecule has 0 atom stereocenters. The van der Waals surface area contributed by atoms with Crippen molar-refractivity contribution >= 4 is 23.3 Å². The van der Waals surface area contributed by atoms with E-state index >= 15 is 0 Å². The summed E-state index contributed by atoms with van der Waals surface area (Å²) in [6.45, 7) is 2.41. The number of aromatic nitrogens is 2. The first-order valence-electron chi connectivity index (χ1n) is 7.35. The first-order chi connectivity index (χ1) is 10.5. The van der Waals surface area contributed by atoms with Gasteiger partial charge in [0, 0.05) is 23.7 Å². The van der Waals surface area contributed by atoms with Crippen LogP contribution in [0.3, 0.4) is 0 Å². The fourth-order valence-corrected chi connectivity index (χ4v) is 2.58. The molecule has 0 bridgehead atoms. The lowest BCUT2D eigenvalue weighted by Gasteiger charge is -2.18. The molecule has 0 radical (unpaired) electrons. The van der Waals surface area contributed by atoms with Crippen LogP contribution < -0.4 is 5.32 Å². The first kappa shape index (κ1) is 14.9. The number of amides is 2. The predicted octanol–water partition coefficient (Wildman–Crippen LogP) is 3.91. The Morgan fingerprint density at radius 2 is 2.23 bits per heavy atom. The number of nitrogens with one attached hydrogen (secondary N) is 2. The summed E-state index contributed by atoms with van der Waals surface area (Å²) in [6.07, 6.45) is 2.44. The minimum Gasteiger partial charge on any atom is -0.322 e. The van der Waals surface area contributed by atoms with Gasteiger partial charge in [-0.3, -0.25) is 5.10 Å². The van der Waals surface area contributed by atoms with Gasteiger partial charge in [-0.1, -0.05) is 11.6 Å². The Morgan fingerprint density at radius 1 is 1.45 bits per heavy atom. The number of halogens is 1. The van der Waals surface area contributed by atoms with E-state index in [0.29, 0.717) is 17.5 Å². The van der Waals surface area contributed by atoms with Gasteiger partial charge in [-0.15, -0.1) is 0 Å². The van der Waals surface area contributed by atoms with Crippen LogP contribution >= 0.6 is 11.6 Å². The molecule has 5 nitrogen and oxygen atoms in total. The molecule has 22 heavy (non-hydrogen) atoms. The van der Waals surface area contributed by atoms with Crippen molar-refractivity contribution in [2.75, 3.05) is 12.4 Å². The van der Waals surface area contributed by atoms with Crippen LogP contribution in [0.25, 0.3) is 0 Å². The molecular weight excluding hydrogens is 300 g/mol. The molecule has 1 aromatic carbocycles. The lowest BCUT2D eigenvalue weighted by molar-refractivity contribution is 0.220. The number of rotatable bonds is 4. The van der Waals surface area contributed by atoms with E-state index in [1.165, 1.54) is 12.8 Å². The van der Waals surface area contributed by atoms with Crippen LogP contribution in [0.1, 0.15) is 35.7 Å². The molecule has 1 saturated carbocycles. The van der Waals surface area contributed by atoms with Crippen LogP contribution in [0.4, 0.5) is 10.5 Å². The zero-order chi connectivity index (χ0) is 15.7. The van der Waals surface area contributed by atoms with Crippen LogP contribution in [0, 0.1) is 6.92 Å². The SMILES string of the molecule is Cc1cc(Cl)ccc1NC(=O)N(C)Cc1cc(C2CC2)n[nH]1. The fourth-order valence-electron chi connectivity index (χ4n) is 2.35. The lowest BCUT2D eigenvalue weighted by atomic mass is 10.2. The van der Waals surface area contributed by atoms with Crippen LogP contribution in [0.2, 0.25) is 5.02 Å². The van der Waals surface area contributed by atoms with Gasteiger partial charge in [0.1, 0.15) is 0 Å². The maximum absolute atomic E-state index is 12.3. The highest BCUT2D eigenvalue weighted by molar-refractivity contribution is 6.30. The van der Waals surface area contributed by atoms with Gasteiger partial charge in [-0.25, -0.2) is 4.79 Å². The minimum absolute atomic E-state index is 0.159. The topological polar surface area (TPSA) is 61.0 Å². The Balaban J connectivity index is 1.60. The molecule has 1 aliphatic carbocycles. The van der Waals surface area contributed by atoms with Gasteiger partial charge in [0.25, 0.3) is 0 Å². The number of carbonyl (C=O) groups excluding carboxylic acids is 1. The summed E-state index contributed by atoms with van der Waals surface area (Å²) in [5, 5.41) is 10.9. The highest BCUT2D eigenvalue weighted by Gasteiger charge is 2.26. The number of urea groups is 1. The Hall–Kier alpha value is -2.01. The van der Waals surface area contributed by atoms with Gasteiger partial charge in [-0.2, -0.15) is 5.10 Å². The largest absolute Gasteiger partial charge is 0.322 e. The number of hydrogen-bond acceptors (Lipinski definition) is 2. The van der Waals surface area contributed by atoms with Crippen molar-refractivity contribution in [2.24, 2.45) is 0 Å². The second kappa shape index (κ2) is 6.01. The summed E-state index contributed by atoms with van der Waals surface area (Å²) < 4.78 is 0. The molecule has 6 heteroatoms. The molecule has 1 heterocycles. The number of aromatic amines is 1. The smallest absolute Gasteiger partial charge is 0.321 e. The van der Waals surface area contributed by atoms with Crippen molar-refractivity contribution in [1.29, 1.82) is 0 Å². The monoisotopic (exact) mass is 318 g/mol. The second-order valence-electron chi connectivity index (χ2n) is 5.84. The van der Waals surface area contributed by atoms with Crippen LogP contribution in [0.15, 0.2) is 24.3 Å². The van der Waals surface area contributed by atoms with Gasteiger partial charge in [0.15, 0.2) is 0 Å². The first-order valence-corrected chi connectivity index (χ1v) is 7.73. The summed E-state index contributed by atoms with van der Waals surface area (Å²) >= 11 is 5.92. The molecular formula is C16H19ClN4O. The Kier molecular flexibility index (Phi) is 4.07. The van der Waals surface area contributed by atoms with Crippen molar-refractivity contribution in [2.45, 2.75) is 32.2 Å². The zero-order valence-electron chi connectivity index (χ0n) is 12.7. The third-order valence-electron chi connectivity index (χ3n) is 3.83. The normalized spacial score (nSPS) is 14.0. The fraction of sp³-hybridized carbons (Fsp3) is 0.375. The van der Waals surface area contributed by atoms with Gasteiger partial charge in [0.05, 0.1) is 17.9 Å². The average Bonchev–Trinajstić information content (AvgIpc) is 3.22. The van der Waals surface area contributed by atoms with Crippen molar-refractivity contribution in [1.82, 2.24) is 15.1 Å². The summed E-state index contributed by atoms with van der Waals surface area (Å²) in [4.78, 5) is 13.9. The highest BCUT2D eigenvalue weighted by atomic mass is 35.5. The number of benzene rings is 1. The lowest BCUT2D eigenvalue weighted by Crippen LogP contribution is -2.31. The van der Waals surface area contributed by atoms with E-state index in [2.05, 4.69) is 21.6 Å². The predicted molar refractivity (Wildman–Crippen MR) is 87.2 cm³/mol. The van der Waals surface area contributed by atoms with Crippen LogP contribution in [-0.2, 0) is 6.54 Å².